The summed E-state index contributed by atoms with van der Waals surface area (Å²) in [4.78, 5) is 31.2. The van der Waals surface area contributed by atoms with Crippen molar-refractivity contribution >= 4 is 11.9 Å². The Bertz CT molecular complexity index is 754. The van der Waals surface area contributed by atoms with Crippen molar-refractivity contribution in [3.8, 4) is 0 Å². The van der Waals surface area contributed by atoms with Crippen LogP contribution in [0.2, 0.25) is 0 Å². The average molecular weight is 366 g/mol. The molecule has 0 unspecified atom stereocenters. The first-order valence-corrected chi connectivity index (χ1v) is 9.55. The third-order valence-corrected chi connectivity index (χ3v) is 5.38. The molecule has 142 valence electrons. The van der Waals surface area contributed by atoms with E-state index in [2.05, 4.69) is 17.1 Å². The van der Waals surface area contributed by atoms with Gasteiger partial charge in [0.1, 0.15) is 0 Å². The Kier molecular flexibility index (Phi) is 6.22. The topological polar surface area (TPSA) is 59.5 Å². The highest BCUT2D eigenvalue weighted by molar-refractivity contribution is 5.94. The molecule has 1 aliphatic rings. The summed E-state index contributed by atoms with van der Waals surface area (Å²) in [7, 11) is 0. The number of rotatable bonds is 6. The van der Waals surface area contributed by atoms with Gasteiger partial charge in [0.2, 0.25) is 0 Å². The van der Waals surface area contributed by atoms with E-state index < -0.39 is 5.41 Å². The number of pyridine rings is 1. The molecule has 1 saturated heterocycles. The summed E-state index contributed by atoms with van der Waals surface area (Å²) in [6, 6.07) is 13.6. The molecular formula is C22H26N2O3. The van der Waals surface area contributed by atoms with Crippen LogP contribution in [-0.4, -0.2) is 41.5 Å². The molecule has 5 nitrogen and oxygen atoms in total. The molecule has 5 heteroatoms. The molecule has 2 heterocycles. The minimum atomic E-state index is -0.513. The molecule has 0 aliphatic carbocycles. The second-order valence-corrected chi connectivity index (χ2v) is 7.01. The molecule has 0 N–H and O–H groups in total. The molecule has 2 aromatic rings. The number of hydrogen-bond donors (Lipinski definition) is 0. The first kappa shape index (κ1) is 19.1. The highest BCUT2D eigenvalue weighted by Crippen LogP contribution is 2.38. The van der Waals surface area contributed by atoms with E-state index in [1.807, 2.05) is 30.0 Å². The van der Waals surface area contributed by atoms with Gasteiger partial charge in [-0.05, 0) is 50.3 Å². The molecule has 0 radical (unpaired) electrons. The predicted octanol–water partition coefficient (Wildman–Crippen LogP) is 3.50. The summed E-state index contributed by atoms with van der Waals surface area (Å²) in [5, 5.41) is 0. The van der Waals surface area contributed by atoms with E-state index in [-0.39, 0.29) is 11.9 Å². The van der Waals surface area contributed by atoms with E-state index in [9.17, 15) is 9.59 Å². The molecule has 0 saturated carbocycles. The number of benzene rings is 1. The average Bonchev–Trinajstić information content (AvgIpc) is 2.74. The summed E-state index contributed by atoms with van der Waals surface area (Å²) in [5.41, 5.74) is 1.34. The lowest BCUT2D eigenvalue weighted by atomic mass is 9.74. The SMILES string of the molecule is CCOC(=O)C1(CCc2ccccc2)CCN(C(=O)c2ccncc2)CC1. The zero-order valence-electron chi connectivity index (χ0n) is 15.8. The minimum absolute atomic E-state index is 0.00193. The van der Waals surface area contributed by atoms with Gasteiger partial charge in [0.15, 0.2) is 0 Å². The molecular weight excluding hydrogens is 340 g/mol. The number of aryl methyl sites for hydroxylation is 1. The number of likely N-dealkylation sites (tertiary alicyclic amines) is 1. The monoisotopic (exact) mass is 366 g/mol. The largest absolute Gasteiger partial charge is 0.466 e. The van der Waals surface area contributed by atoms with Crippen molar-refractivity contribution in [3.63, 3.8) is 0 Å². The van der Waals surface area contributed by atoms with E-state index in [0.29, 0.717) is 38.1 Å². The fraction of sp³-hybridized carbons (Fsp3) is 0.409. The van der Waals surface area contributed by atoms with E-state index >= 15 is 0 Å². The maximum atomic E-state index is 12.8. The number of hydrogen-bond acceptors (Lipinski definition) is 4. The lowest BCUT2D eigenvalue weighted by Gasteiger charge is -2.40. The molecule has 0 atom stereocenters. The number of nitrogens with zero attached hydrogens (tertiary/aromatic N) is 2. The standard InChI is InChI=1S/C22H26N2O3/c1-2-27-21(26)22(11-8-18-6-4-3-5-7-18)12-16-24(17-13-22)20(25)19-9-14-23-15-10-19/h3-7,9-10,14-15H,2,8,11-13,16-17H2,1H3. The van der Waals surface area contributed by atoms with Gasteiger partial charge < -0.3 is 9.64 Å². The number of carbonyl (C=O) groups excluding carboxylic acids is 2. The van der Waals surface area contributed by atoms with Crippen LogP contribution in [-0.2, 0) is 16.0 Å². The fourth-order valence-corrected chi connectivity index (χ4v) is 3.68. The van der Waals surface area contributed by atoms with Crippen molar-refractivity contribution in [3.05, 3.63) is 66.0 Å². The lowest BCUT2D eigenvalue weighted by molar-refractivity contribution is -0.158. The predicted molar refractivity (Wildman–Crippen MR) is 103 cm³/mol. The second kappa shape index (κ2) is 8.80. The number of piperidine rings is 1. The summed E-state index contributed by atoms with van der Waals surface area (Å²) in [6.07, 6.45) is 6.09. The lowest BCUT2D eigenvalue weighted by Crippen LogP contribution is -2.47. The van der Waals surface area contributed by atoms with Gasteiger partial charge in [-0.1, -0.05) is 30.3 Å². The Morgan fingerprint density at radius 1 is 1.07 bits per heavy atom. The van der Waals surface area contributed by atoms with Gasteiger partial charge in [-0.15, -0.1) is 0 Å². The molecule has 1 aliphatic heterocycles. The van der Waals surface area contributed by atoms with Crippen LogP contribution in [0.15, 0.2) is 54.9 Å². The molecule has 27 heavy (non-hydrogen) atoms. The molecule has 0 spiro atoms. The summed E-state index contributed by atoms with van der Waals surface area (Å²) in [6.45, 7) is 3.35. The number of carbonyl (C=O) groups is 2. The van der Waals surface area contributed by atoms with Gasteiger partial charge in [-0.3, -0.25) is 14.6 Å². The maximum Gasteiger partial charge on any atom is 0.312 e. The molecule has 3 rings (SSSR count). The van der Waals surface area contributed by atoms with Gasteiger partial charge in [0.25, 0.3) is 5.91 Å². The first-order chi connectivity index (χ1) is 13.1. The Hall–Kier alpha value is -2.69. The van der Waals surface area contributed by atoms with E-state index in [0.717, 1.165) is 12.8 Å². The van der Waals surface area contributed by atoms with Crippen molar-refractivity contribution in [2.75, 3.05) is 19.7 Å². The number of ether oxygens (including phenoxy) is 1. The zero-order chi connectivity index (χ0) is 19.1. The normalized spacial score (nSPS) is 16.0. The second-order valence-electron chi connectivity index (χ2n) is 7.01. The van der Waals surface area contributed by atoms with Gasteiger partial charge in [0.05, 0.1) is 12.0 Å². The quantitative estimate of drug-likeness (QED) is 0.734. The summed E-state index contributed by atoms with van der Waals surface area (Å²) >= 11 is 0. The van der Waals surface area contributed by atoms with Crippen LogP contribution in [0.1, 0.15) is 42.1 Å². The molecule has 0 bridgehead atoms. The van der Waals surface area contributed by atoms with E-state index in [4.69, 9.17) is 4.74 Å². The van der Waals surface area contributed by atoms with Crippen molar-refractivity contribution < 1.29 is 14.3 Å². The van der Waals surface area contributed by atoms with Gasteiger partial charge in [-0.25, -0.2) is 0 Å². The molecule has 1 aromatic heterocycles. The van der Waals surface area contributed by atoms with Crippen LogP contribution >= 0.6 is 0 Å². The molecule has 1 aromatic carbocycles. The molecule has 1 fully saturated rings. The Labute approximate surface area is 160 Å². The van der Waals surface area contributed by atoms with Gasteiger partial charge in [-0.2, -0.15) is 0 Å². The molecule has 1 amide bonds. The van der Waals surface area contributed by atoms with Crippen LogP contribution in [0.25, 0.3) is 0 Å². The van der Waals surface area contributed by atoms with Crippen LogP contribution in [0, 0.1) is 5.41 Å². The van der Waals surface area contributed by atoms with Crippen molar-refractivity contribution in [2.24, 2.45) is 5.41 Å². The first-order valence-electron chi connectivity index (χ1n) is 9.55. The third-order valence-electron chi connectivity index (χ3n) is 5.38. The van der Waals surface area contributed by atoms with Crippen LogP contribution < -0.4 is 0 Å². The van der Waals surface area contributed by atoms with E-state index in [1.165, 1.54) is 5.56 Å². The minimum Gasteiger partial charge on any atom is -0.466 e. The van der Waals surface area contributed by atoms with Crippen molar-refractivity contribution in [1.82, 2.24) is 9.88 Å². The van der Waals surface area contributed by atoms with Crippen LogP contribution in [0.5, 0.6) is 0 Å². The summed E-state index contributed by atoms with van der Waals surface area (Å²) in [5.74, 6) is -0.130. The van der Waals surface area contributed by atoms with E-state index in [1.54, 1.807) is 24.5 Å². The maximum absolute atomic E-state index is 12.8. The number of esters is 1. The van der Waals surface area contributed by atoms with Crippen molar-refractivity contribution in [2.45, 2.75) is 32.6 Å². The Balaban J connectivity index is 1.68. The third kappa shape index (κ3) is 4.54. The van der Waals surface area contributed by atoms with Crippen LogP contribution in [0.4, 0.5) is 0 Å². The highest BCUT2D eigenvalue weighted by atomic mass is 16.5. The Morgan fingerprint density at radius 3 is 2.37 bits per heavy atom. The smallest absolute Gasteiger partial charge is 0.312 e. The van der Waals surface area contributed by atoms with Crippen molar-refractivity contribution in [1.29, 1.82) is 0 Å². The van der Waals surface area contributed by atoms with Crippen LogP contribution in [0.3, 0.4) is 0 Å². The zero-order valence-corrected chi connectivity index (χ0v) is 15.8. The van der Waals surface area contributed by atoms with Gasteiger partial charge >= 0.3 is 5.97 Å². The highest BCUT2D eigenvalue weighted by Gasteiger charge is 2.43. The summed E-state index contributed by atoms with van der Waals surface area (Å²) < 4.78 is 5.40. The van der Waals surface area contributed by atoms with Gasteiger partial charge in [0, 0.05) is 31.0 Å². The number of amides is 1. The fourth-order valence-electron chi connectivity index (χ4n) is 3.68. The Morgan fingerprint density at radius 2 is 1.74 bits per heavy atom. The number of aromatic nitrogens is 1.